The van der Waals surface area contributed by atoms with Crippen molar-refractivity contribution in [2.24, 2.45) is 0 Å². The van der Waals surface area contributed by atoms with E-state index in [2.05, 4.69) is 15.6 Å². The molecule has 0 aliphatic carbocycles. The van der Waals surface area contributed by atoms with Crippen LogP contribution >= 0.6 is 0 Å². The number of carbonyl (C=O) groups excluding carboxylic acids is 3. The van der Waals surface area contributed by atoms with Gasteiger partial charge >= 0.3 is 6.03 Å². The molecule has 9 heteroatoms. The second-order valence-corrected chi connectivity index (χ2v) is 6.63. The number of nitrogens with one attached hydrogen (secondary N) is 3. The molecular weight excluding hydrogens is 382 g/mol. The molecule has 2 heterocycles. The van der Waals surface area contributed by atoms with Crippen LogP contribution in [0.5, 0.6) is 0 Å². The van der Waals surface area contributed by atoms with Crippen LogP contribution in [0.4, 0.5) is 19.3 Å². The van der Waals surface area contributed by atoms with Gasteiger partial charge in [-0.2, -0.15) is 0 Å². The topological polar surface area (TPSA) is 94.3 Å². The first-order valence-electron chi connectivity index (χ1n) is 8.85. The van der Waals surface area contributed by atoms with Crippen molar-refractivity contribution in [3.63, 3.8) is 0 Å². The monoisotopic (exact) mass is 398 g/mol. The number of urea groups is 1. The number of aromatic amines is 1. The average molecular weight is 398 g/mol. The van der Waals surface area contributed by atoms with Crippen LogP contribution < -0.4 is 10.6 Å². The number of anilines is 1. The highest BCUT2D eigenvalue weighted by molar-refractivity contribution is 6.08. The molecular formula is C20H16F2N4O3. The number of hydrogen-bond donors (Lipinski definition) is 3. The van der Waals surface area contributed by atoms with Gasteiger partial charge in [-0.3, -0.25) is 14.5 Å². The molecule has 1 atom stereocenters. The van der Waals surface area contributed by atoms with Crippen LogP contribution in [0.25, 0.3) is 10.9 Å². The fraction of sp³-hybridized carbons (Fsp3) is 0.150. The Balaban J connectivity index is 1.45. The molecule has 3 N–H and O–H groups in total. The molecule has 3 aromatic rings. The quantitative estimate of drug-likeness (QED) is 0.577. The van der Waals surface area contributed by atoms with Gasteiger partial charge in [-0.15, -0.1) is 0 Å². The van der Waals surface area contributed by atoms with E-state index in [9.17, 15) is 23.2 Å². The zero-order valence-electron chi connectivity index (χ0n) is 15.0. The highest BCUT2D eigenvalue weighted by Gasteiger charge is 2.39. The summed E-state index contributed by atoms with van der Waals surface area (Å²) in [5, 5.41) is 5.54. The minimum absolute atomic E-state index is 0.245. The first-order chi connectivity index (χ1) is 13.9. The lowest BCUT2D eigenvalue weighted by atomic mass is 10.1. The molecule has 7 nitrogen and oxygen atoms in total. The Morgan fingerprint density at radius 1 is 1.07 bits per heavy atom. The summed E-state index contributed by atoms with van der Waals surface area (Å²) in [6, 6.07) is 9.11. The molecule has 1 fully saturated rings. The second-order valence-electron chi connectivity index (χ2n) is 6.63. The van der Waals surface area contributed by atoms with Crippen molar-refractivity contribution in [2.75, 3.05) is 11.9 Å². The number of halogens is 2. The number of imide groups is 1. The number of aromatic nitrogens is 1. The highest BCUT2D eigenvalue weighted by atomic mass is 19.1. The summed E-state index contributed by atoms with van der Waals surface area (Å²) in [6.07, 6.45) is 2.01. The third-order valence-electron chi connectivity index (χ3n) is 4.73. The van der Waals surface area contributed by atoms with Gasteiger partial charge in [0, 0.05) is 23.5 Å². The maximum atomic E-state index is 13.7. The summed E-state index contributed by atoms with van der Waals surface area (Å²) < 4.78 is 27.3. The number of H-pyrrole nitrogens is 1. The predicted octanol–water partition coefficient (Wildman–Crippen LogP) is 2.55. The smallest absolute Gasteiger partial charge is 0.325 e. The third-order valence-corrected chi connectivity index (χ3v) is 4.73. The van der Waals surface area contributed by atoms with Crippen LogP contribution in [0.3, 0.4) is 0 Å². The summed E-state index contributed by atoms with van der Waals surface area (Å²) >= 11 is 0. The van der Waals surface area contributed by atoms with E-state index in [1.54, 1.807) is 6.20 Å². The van der Waals surface area contributed by atoms with E-state index in [1.165, 1.54) is 0 Å². The van der Waals surface area contributed by atoms with E-state index in [4.69, 9.17) is 0 Å². The highest BCUT2D eigenvalue weighted by Crippen LogP contribution is 2.22. The van der Waals surface area contributed by atoms with E-state index in [-0.39, 0.29) is 6.42 Å². The Bertz CT molecular complexity index is 1110. The van der Waals surface area contributed by atoms with Crippen molar-refractivity contribution in [1.29, 1.82) is 0 Å². The maximum Gasteiger partial charge on any atom is 0.325 e. The molecule has 0 unspecified atom stereocenters. The minimum Gasteiger partial charge on any atom is -0.361 e. The Morgan fingerprint density at radius 3 is 2.55 bits per heavy atom. The summed E-state index contributed by atoms with van der Waals surface area (Å²) in [5.74, 6) is -3.37. The predicted molar refractivity (Wildman–Crippen MR) is 101 cm³/mol. The number of para-hydroxylation sites is 2. The number of fused-ring (bicyclic) bond motifs is 1. The summed E-state index contributed by atoms with van der Waals surface area (Å²) in [6.45, 7) is -0.650. The average Bonchev–Trinajstić information content (AvgIpc) is 3.21. The molecule has 1 aliphatic heterocycles. The van der Waals surface area contributed by atoms with Gasteiger partial charge in [-0.05, 0) is 23.8 Å². The van der Waals surface area contributed by atoms with E-state index in [0.29, 0.717) is 0 Å². The summed E-state index contributed by atoms with van der Waals surface area (Å²) in [5.41, 5.74) is 1.13. The summed E-state index contributed by atoms with van der Waals surface area (Å²) in [7, 11) is 0. The second kappa shape index (κ2) is 7.34. The number of rotatable bonds is 5. The van der Waals surface area contributed by atoms with Crippen molar-refractivity contribution < 1.29 is 23.2 Å². The molecule has 0 bridgehead atoms. The Hall–Kier alpha value is -3.75. The third kappa shape index (κ3) is 3.54. The van der Waals surface area contributed by atoms with Crippen molar-refractivity contribution in [3.05, 3.63) is 65.9 Å². The first-order valence-corrected chi connectivity index (χ1v) is 8.85. The van der Waals surface area contributed by atoms with Crippen molar-refractivity contribution in [2.45, 2.75) is 12.5 Å². The number of nitrogens with zero attached hydrogens (tertiary/aromatic N) is 1. The fourth-order valence-electron chi connectivity index (χ4n) is 3.33. The van der Waals surface area contributed by atoms with Crippen LogP contribution in [0.15, 0.2) is 48.7 Å². The van der Waals surface area contributed by atoms with Gasteiger partial charge in [0.15, 0.2) is 0 Å². The number of amides is 4. The van der Waals surface area contributed by atoms with Gasteiger partial charge < -0.3 is 15.6 Å². The SMILES string of the molecule is O=C(CN1C(=O)N[C@@H](Cc2c[nH]c3ccccc23)C1=O)Nc1c(F)cccc1F. The van der Waals surface area contributed by atoms with E-state index >= 15 is 0 Å². The van der Waals surface area contributed by atoms with Gasteiger partial charge in [-0.1, -0.05) is 24.3 Å². The van der Waals surface area contributed by atoms with E-state index in [1.807, 2.05) is 24.3 Å². The lowest BCUT2D eigenvalue weighted by molar-refractivity contribution is -0.130. The number of benzene rings is 2. The standard InChI is InChI=1S/C20H16F2N4O3/c21-13-5-3-6-14(22)18(13)25-17(27)10-26-19(28)16(24-20(26)29)8-11-9-23-15-7-2-1-4-12(11)15/h1-7,9,16,23H,8,10H2,(H,24,29)(H,25,27)/t16-/m0/s1. The molecule has 4 amide bonds. The Kier molecular flexibility index (Phi) is 4.71. The first kappa shape index (κ1) is 18.6. The summed E-state index contributed by atoms with van der Waals surface area (Å²) in [4.78, 5) is 40.7. The van der Waals surface area contributed by atoms with Crippen LogP contribution in [-0.2, 0) is 16.0 Å². The van der Waals surface area contributed by atoms with Crippen LogP contribution in [-0.4, -0.2) is 40.3 Å². The molecule has 1 aromatic heterocycles. The molecule has 4 rings (SSSR count). The largest absolute Gasteiger partial charge is 0.361 e. The maximum absolute atomic E-state index is 13.7. The molecule has 0 spiro atoms. The zero-order valence-corrected chi connectivity index (χ0v) is 15.0. The van der Waals surface area contributed by atoms with E-state index < -0.39 is 47.8 Å². The fourth-order valence-corrected chi connectivity index (χ4v) is 3.33. The van der Waals surface area contributed by atoms with Gasteiger partial charge in [-0.25, -0.2) is 13.6 Å². The van der Waals surface area contributed by atoms with Crippen LogP contribution in [0, 0.1) is 11.6 Å². The molecule has 1 saturated heterocycles. The zero-order chi connectivity index (χ0) is 20.5. The normalized spacial score (nSPS) is 16.3. The van der Waals surface area contributed by atoms with Gasteiger partial charge in [0.05, 0.1) is 0 Å². The van der Waals surface area contributed by atoms with Crippen molar-refractivity contribution >= 4 is 34.4 Å². The number of carbonyl (C=O) groups is 3. The van der Waals surface area contributed by atoms with Crippen LogP contribution in [0.2, 0.25) is 0 Å². The molecule has 1 aliphatic rings. The van der Waals surface area contributed by atoms with Crippen molar-refractivity contribution in [3.8, 4) is 0 Å². The molecule has 29 heavy (non-hydrogen) atoms. The molecule has 0 radical (unpaired) electrons. The minimum atomic E-state index is -0.951. The molecule has 2 aromatic carbocycles. The lowest BCUT2D eigenvalue weighted by Crippen LogP contribution is -2.38. The van der Waals surface area contributed by atoms with Gasteiger partial charge in [0.1, 0.15) is 29.9 Å². The van der Waals surface area contributed by atoms with E-state index in [0.717, 1.165) is 39.6 Å². The molecule has 148 valence electrons. The van der Waals surface area contributed by atoms with Gasteiger partial charge in [0.25, 0.3) is 5.91 Å². The van der Waals surface area contributed by atoms with Gasteiger partial charge in [0.2, 0.25) is 5.91 Å². The Labute approximate surface area is 163 Å². The molecule has 0 saturated carbocycles. The Morgan fingerprint density at radius 2 is 1.79 bits per heavy atom. The van der Waals surface area contributed by atoms with Crippen molar-refractivity contribution in [1.82, 2.24) is 15.2 Å². The number of hydrogen-bond acceptors (Lipinski definition) is 3. The van der Waals surface area contributed by atoms with Crippen LogP contribution in [0.1, 0.15) is 5.56 Å². The lowest BCUT2D eigenvalue weighted by Gasteiger charge is -2.13.